The molecule has 0 heterocycles. The lowest BCUT2D eigenvalue weighted by Gasteiger charge is -2.38. The monoisotopic (exact) mass is 187 g/mol. The lowest BCUT2D eigenvalue weighted by molar-refractivity contribution is 0.217. The van der Waals surface area contributed by atoms with Gasteiger partial charge in [-0.2, -0.15) is 0 Å². The van der Waals surface area contributed by atoms with Crippen molar-refractivity contribution in [3.05, 3.63) is 0 Å². The topological polar surface area (TPSA) is 64.1 Å². The molecule has 5 N–H and O–H groups in total. The van der Waals surface area contributed by atoms with Gasteiger partial charge in [-0.25, -0.2) is 0 Å². The fourth-order valence-corrected chi connectivity index (χ4v) is 1.48. The molecule has 0 unspecified atom stereocenters. The maximum absolute atomic E-state index is 6.32. The summed E-state index contributed by atoms with van der Waals surface area (Å²) in [7, 11) is 0. The molecule has 0 spiro atoms. The fourth-order valence-electron chi connectivity index (χ4n) is 1.48. The Labute approximate surface area is 82.3 Å². The van der Waals surface area contributed by atoms with Gasteiger partial charge < -0.3 is 16.8 Å². The van der Waals surface area contributed by atoms with Crippen LogP contribution >= 0.6 is 0 Å². The van der Waals surface area contributed by atoms with Crippen LogP contribution < -0.4 is 16.8 Å². The molecule has 0 saturated carbocycles. The van der Waals surface area contributed by atoms with Gasteiger partial charge in [0, 0.05) is 25.2 Å². The van der Waals surface area contributed by atoms with Gasteiger partial charge in [0.05, 0.1) is 0 Å². The Balaban J connectivity index is 4.09. The van der Waals surface area contributed by atoms with E-state index in [1.807, 2.05) is 0 Å². The fraction of sp³-hybridized carbons (Fsp3) is 1.00. The van der Waals surface area contributed by atoms with Crippen molar-refractivity contribution < 1.29 is 0 Å². The van der Waals surface area contributed by atoms with Crippen molar-refractivity contribution in [1.29, 1.82) is 0 Å². The van der Waals surface area contributed by atoms with Crippen molar-refractivity contribution in [1.82, 2.24) is 5.32 Å². The molecule has 0 aromatic carbocycles. The molecule has 0 atom stereocenters. The molecular weight excluding hydrogens is 162 g/mol. The first-order chi connectivity index (χ1) is 5.95. The summed E-state index contributed by atoms with van der Waals surface area (Å²) in [5, 5.41) is 3.29. The number of rotatable bonds is 6. The first kappa shape index (κ1) is 12.9. The molecule has 0 saturated heterocycles. The van der Waals surface area contributed by atoms with E-state index in [4.69, 9.17) is 11.5 Å². The van der Waals surface area contributed by atoms with Crippen LogP contribution in [0.5, 0.6) is 0 Å². The summed E-state index contributed by atoms with van der Waals surface area (Å²) in [5.74, 6) is 0.968. The van der Waals surface area contributed by atoms with E-state index in [1.165, 1.54) is 0 Å². The molecule has 0 rings (SSSR count). The smallest absolute Gasteiger partial charge is 0.0327 e. The summed E-state index contributed by atoms with van der Waals surface area (Å²) in [6.07, 6.45) is 0. The maximum Gasteiger partial charge on any atom is 0.0327 e. The molecule has 0 aliphatic carbocycles. The second-order valence-electron chi connectivity index (χ2n) is 4.39. The van der Waals surface area contributed by atoms with Crippen LogP contribution in [-0.4, -0.2) is 25.2 Å². The average Bonchev–Trinajstić information content (AvgIpc) is 2.03. The Morgan fingerprint density at radius 2 is 1.62 bits per heavy atom. The van der Waals surface area contributed by atoms with E-state index in [2.05, 4.69) is 33.0 Å². The number of nitrogens with one attached hydrogen (secondary N) is 1. The zero-order chi connectivity index (χ0) is 10.5. The molecule has 0 fully saturated rings. The molecule has 0 radical (unpaired) electrons. The third-order valence-electron chi connectivity index (χ3n) is 2.90. The molecule has 0 amide bonds. The van der Waals surface area contributed by atoms with Crippen LogP contribution in [-0.2, 0) is 0 Å². The Kier molecular flexibility index (Phi) is 5.53. The first-order valence-corrected chi connectivity index (χ1v) is 5.14. The lowest BCUT2D eigenvalue weighted by Crippen LogP contribution is -2.57. The maximum atomic E-state index is 6.32. The summed E-state index contributed by atoms with van der Waals surface area (Å²) in [5.41, 5.74) is 11.6. The van der Waals surface area contributed by atoms with E-state index in [0.29, 0.717) is 18.4 Å². The minimum Gasteiger partial charge on any atom is -0.329 e. The summed E-state index contributed by atoms with van der Waals surface area (Å²) in [6.45, 7) is 11.0. The molecular formula is C10H25N3. The molecule has 0 bridgehead atoms. The van der Waals surface area contributed by atoms with Crippen LogP contribution in [0.15, 0.2) is 0 Å². The van der Waals surface area contributed by atoms with Crippen molar-refractivity contribution in [3.63, 3.8) is 0 Å². The standard InChI is InChI=1S/C10H25N3/c1-8(2)10(12,9(3)4)7-13-6-5-11/h8-9,13H,5-7,11-12H2,1-4H3. The van der Waals surface area contributed by atoms with Crippen LogP contribution in [0.4, 0.5) is 0 Å². The third-order valence-corrected chi connectivity index (χ3v) is 2.90. The number of hydrogen-bond acceptors (Lipinski definition) is 3. The van der Waals surface area contributed by atoms with Crippen molar-refractivity contribution >= 4 is 0 Å². The van der Waals surface area contributed by atoms with Gasteiger partial charge in [-0.1, -0.05) is 27.7 Å². The molecule has 13 heavy (non-hydrogen) atoms. The van der Waals surface area contributed by atoms with Gasteiger partial charge in [-0.15, -0.1) is 0 Å². The van der Waals surface area contributed by atoms with Gasteiger partial charge in [0.15, 0.2) is 0 Å². The molecule has 0 aromatic heterocycles. The Morgan fingerprint density at radius 3 is 1.92 bits per heavy atom. The van der Waals surface area contributed by atoms with Crippen molar-refractivity contribution in [3.8, 4) is 0 Å². The predicted octanol–water partition coefficient (Wildman–Crippen LogP) is 0.544. The Morgan fingerprint density at radius 1 is 1.15 bits per heavy atom. The zero-order valence-electron chi connectivity index (χ0n) is 9.43. The highest BCUT2D eigenvalue weighted by Gasteiger charge is 2.31. The molecule has 80 valence electrons. The molecule has 3 nitrogen and oxygen atoms in total. The van der Waals surface area contributed by atoms with Gasteiger partial charge in [-0.3, -0.25) is 0 Å². The quantitative estimate of drug-likeness (QED) is 0.532. The SMILES string of the molecule is CC(C)C(N)(CNCCN)C(C)C. The van der Waals surface area contributed by atoms with E-state index < -0.39 is 0 Å². The van der Waals surface area contributed by atoms with E-state index >= 15 is 0 Å². The van der Waals surface area contributed by atoms with Gasteiger partial charge in [0.2, 0.25) is 0 Å². The van der Waals surface area contributed by atoms with E-state index in [9.17, 15) is 0 Å². The largest absolute Gasteiger partial charge is 0.329 e. The molecule has 0 aromatic rings. The second kappa shape index (κ2) is 5.58. The van der Waals surface area contributed by atoms with E-state index in [0.717, 1.165) is 13.1 Å². The molecule has 0 aliphatic rings. The van der Waals surface area contributed by atoms with Crippen LogP contribution in [0.2, 0.25) is 0 Å². The van der Waals surface area contributed by atoms with Gasteiger partial charge >= 0.3 is 0 Å². The summed E-state index contributed by atoms with van der Waals surface area (Å²) >= 11 is 0. The van der Waals surface area contributed by atoms with Crippen LogP contribution in [0, 0.1) is 11.8 Å². The van der Waals surface area contributed by atoms with Crippen molar-refractivity contribution in [2.24, 2.45) is 23.3 Å². The second-order valence-corrected chi connectivity index (χ2v) is 4.39. The lowest BCUT2D eigenvalue weighted by atomic mass is 9.78. The van der Waals surface area contributed by atoms with E-state index in [-0.39, 0.29) is 5.54 Å². The summed E-state index contributed by atoms with van der Waals surface area (Å²) in [6, 6.07) is 0. The van der Waals surface area contributed by atoms with Crippen molar-refractivity contribution in [2.75, 3.05) is 19.6 Å². The molecule has 3 heteroatoms. The predicted molar refractivity (Wildman–Crippen MR) is 58.5 cm³/mol. The van der Waals surface area contributed by atoms with Gasteiger partial charge in [-0.05, 0) is 11.8 Å². The number of nitrogens with two attached hydrogens (primary N) is 2. The van der Waals surface area contributed by atoms with Crippen molar-refractivity contribution in [2.45, 2.75) is 33.2 Å². The molecule has 0 aliphatic heterocycles. The highest BCUT2D eigenvalue weighted by molar-refractivity contribution is 4.92. The first-order valence-electron chi connectivity index (χ1n) is 5.14. The number of hydrogen-bond donors (Lipinski definition) is 3. The Hall–Kier alpha value is -0.120. The minimum absolute atomic E-state index is 0.116. The highest BCUT2D eigenvalue weighted by Crippen LogP contribution is 2.22. The van der Waals surface area contributed by atoms with Gasteiger partial charge in [0.25, 0.3) is 0 Å². The van der Waals surface area contributed by atoms with Crippen LogP contribution in [0.3, 0.4) is 0 Å². The van der Waals surface area contributed by atoms with Crippen LogP contribution in [0.25, 0.3) is 0 Å². The van der Waals surface area contributed by atoms with Gasteiger partial charge in [0.1, 0.15) is 0 Å². The summed E-state index contributed by atoms with van der Waals surface area (Å²) in [4.78, 5) is 0. The normalized spacial score (nSPS) is 12.9. The Bertz CT molecular complexity index is 124. The average molecular weight is 187 g/mol. The third kappa shape index (κ3) is 3.63. The van der Waals surface area contributed by atoms with Crippen LogP contribution in [0.1, 0.15) is 27.7 Å². The summed E-state index contributed by atoms with van der Waals surface area (Å²) < 4.78 is 0. The zero-order valence-corrected chi connectivity index (χ0v) is 9.43. The minimum atomic E-state index is -0.116. The highest BCUT2D eigenvalue weighted by atomic mass is 15.0. The van der Waals surface area contributed by atoms with E-state index in [1.54, 1.807) is 0 Å².